The molecule has 0 fully saturated rings. The van der Waals surface area contributed by atoms with Crippen LogP contribution in [0, 0.1) is 11.6 Å². The summed E-state index contributed by atoms with van der Waals surface area (Å²) in [4.78, 5) is 13.9. The maximum Gasteiger partial charge on any atom is 0.434 e. The monoisotopic (exact) mass is 308 g/mol. The molecule has 2 aromatic rings. The lowest BCUT2D eigenvalue weighted by molar-refractivity contribution is -0.141. The summed E-state index contributed by atoms with van der Waals surface area (Å²) in [6, 6.07) is 2.81. The number of thiazole rings is 1. The molecule has 1 heterocycles. The van der Waals surface area contributed by atoms with Crippen molar-refractivity contribution in [3.05, 3.63) is 45.9 Å². The fourth-order valence-electron chi connectivity index (χ4n) is 1.40. The van der Waals surface area contributed by atoms with Gasteiger partial charge in [0, 0.05) is 0 Å². The summed E-state index contributed by atoms with van der Waals surface area (Å²) in [7, 11) is 0. The number of nitrogens with one attached hydrogen (secondary N) is 1. The third kappa shape index (κ3) is 2.77. The SMILES string of the molecule is O=C(Nc1c(F)cccc1F)c1scnc1C(F)(F)F. The summed E-state index contributed by atoms with van der Waals surface area (Å²) in [5, 5.41) is 1.77. The Bertz CT molecular complexity index is 632. The number of benzene rings is 1. The first-order chi connectivity index (χ1) is 9.30. The number of carbonyl (C=O) groups excluding carboxylic acids is 1. The molecule has 0 aliphatic rings. The van der Waals surface area contributed by atoms with Gasteiger partial charge in [0.05, 0.1) is 5.51 Å². The van der Waals surface area contributed by atoms with Gasteiger partial charge in [-0.3, -0.25) is 4.79 Å². The summed E-state index contributed by atoms with van der Waals surface area (Å²) in [6.07, 6.45) is -4.82. The molecule has 3 nitrogen and oxygen atoms in total. The molecule has 1 aromatic heterocycles. The van der Waals surface area contributed by atoms with Crippen molar-refractivity contribution in [1.82, 2.24) is 4.98 Å². The molecule has 106 valence electrons. The van der Waals surface area contributed by atoms with E-state index in [1.54, 1.807) is 5.32 Å². The average molecular weight is 308 g/mol. The molecule has 0 spiro atoms. The van der Waals surface area contributed by atoms with Gasteiger partial charge in [-0.05, 0) is 12.1 Å². The van der Waals surface area contributed by atoms with Crippen molar-refractivity contribution in [1.29, 1.82) is 0 Å². The highest BCUT2D eigenvalue weighted by atomic mass is 32.1. The van der Waals surface area contributed by atoms with Crippen LogP contribution in [0.25, 0.3) is 0 Å². The van der Waals surface area contributed by atoms with E-state index in [0.29, 0.717) is 11.3 Å². The Morgan fingerprint density at radius 2 is 1.80 bits per heavy atom. The predicted molar refractivity (Wildman–Crippen MR) is 61.4 cm³/mol. The number of rotatable bonds is 2. The van der Waals surface area contributed by atoms with Crippen LogP contribution >= 0.6 is 11.3 Å². The topological polar surface area (TPSA) is 42.0 Å². The van der Waals surface area contributed by atoms with Crippen LogP contribution in [0.5, 0.6) is 0 Å². The Hall–Kier alpha value is -2.03. The van der Waals surface area contributed by atoms with Crippen molar-refractivity contribution in [2.24, 2.45) is 0 Å². The van der Waals surface area contributed by atoms with Gasteiger partial charge >= 0.3 is 6.18 Å². The van der Waals surface area contributed by atoms with E-state index in [0.717, 1.165) is 23.7 Å². The average Bonchev–Trinajstić information content (AvgIpc) is 2.82. The van der Waals surface area contributed by atoms with Crippen LogP contribution in [0.1, 0.15) is 15.4 Å². The minimum absolute atomic E-state index is 0.427. The fraction of sp³-hybridized carbons (Fsp3) is 0.0909. The first-order valence-electron chi connectivity index (χ1n) is 5.06. The molecule has 1 amide bonds. The van der Waals surface area contributed by atoms with Gasteiger partial charge in [0.15, 0.2) is 5.69 Å². The van der Waals surface area contributed by atoms with Crippen LogP contribution in [-0.4, -0.2) is 10.9 Å². The first-order valence-corrected chi connectivity index (χ1v) is 5.94. The van der Waals surface area contributed by atoms with Crippen molar-refractivity contribution >= 4 is 22.9 Å². The quantitative estimate of drug-likeness (QED) is 0.860. The third-order valence-corrected chi connectivity index (χ3v) is 3.07. The van der Waals surface area contributed by atoms with Crippen molar-refractivity contribution in [2.75, 3.05) is 5.32 Å². The van der Waals surface area contributed by atoms with E-state index in [2.05, 4.69) is 4.98 Å². The molecule has 0 radical (unpaired) electrons. The van der Waals surface area contributed by atoms with E-state index in [4.69, 9.17) is 0 Å². The van der Waals surface area contributed by atoms with Gasteiger partial charge in [-0.25, -0.2) is 13.8 Å². The number of anilines is 1. The summed E-state index contributed by atoms with van der Waals surface area (Å²) in [5.41, 5.74) is -1.37. The zero-order valence-electron chi connectivity index (χ0n) is 9.46. The molecule has 0 saturated carbocycles. The van der Waals surface area contributed by atoms with E-state index in [1.165, 1.54) is 0 Å². The second-order valence-corrected chi connectivity index (χ2v) is 4.43. The van der Waals surface area contributed by atoms with E-state index < -0.39 is 40.0 Å². The van der Waals surface area contributed by atoms with Crippen LogP contribution < -0.4 is 5.32 Å². The van der Waals surface area contributed by atoms with Crippen molar-refractivity contribution in [3.8, 4) is 0 Å². The van der Waals surface area contributed by atoms with Gasteiger partial charge in [0.25, 0.3) is 5.91 Å². The molecule has 0 aliphatic carbocycles. The van der Waals surface area contributed by atoms with Crippen molar-refractivity contribution in [2.45, 2.75) is 6.18 Å². The Labute approximate surface area is 113 Å². The molecule has 0 bridgehead atoms. The van der Waals surface area contributed by atoms with E-state index in [-0.39, 0.29) is 0 Å². The summed E-state index contributed by atoms with van der Waals surface area (Å²) >= 11 is 0.427. The molecule has 0 saturated heterocycles. The maximum atomic E-state index is 13.3. The molecule has 0 unspecified atom stereocenters. The highest BCUT2D eigenvalue weighted by Crippen LogP contribution is 2.33. The molecule has 2 rings (SSSR count). The van der Waals surface area contributed by atoms with Crippen LogP contribution in [0.3, 0.4) is 0 Å². The number of hydrogen-bond donors (Lipinski definition) is 1. The number of para-hydroxylation sites is 1. The Balaban J connectivity index is 2.32. The lowest BCUT2D eigenvalue weighted by Gasteiger charge is -2.08. The predicted octanol–water partition coefficient (Wildman–Crippen LogP) is 3.69. The largest absolute Gasteiger partial charge is 0.434 e. The molecule has 20 heavy (non-hydrogen) atoms. The van der Waals surface area contributed by atoms with E-state index in [1.807, 2.05) is 0 Å². The second kappa shape index (κ2) is 5.16. The summed E-state index contributed by atoms with van der Waals surface area (Å²) < 4.78 is 64.3. The van der Waals surface area contributed by atoms with Crippen LogP contribution in [0.2, 0.25) is 0 Å². The minimum Gasteiger partial charge on any atom is -0.316 e. The number of aromatic nitrogens is 1. The zero-order valence-corrected chi connectivity index (χ0v) is 10.3. The maximum absolute atomic E-state index is 13.3. The number of hydrogen-bond acceptors (Lipinski definition) is 3. The van der Waals surface area contributed by atoms with E-state index >= 15 is 0 Å². The van der Waals surface area contributed by atoms with Gasteiger partial charge in [-0.15, -0.1) is 11.3 Å². The summed E-state index contributed by atoms with van der Waals surface area (Å²) in [5.74, 6) is -3.45. The smallest absolute Gasteiger partial charge is 0.316 e. The molecular formula is C11H5F5N2OS. The van der Waals surface area contributed by atoms with E-state index in [9.17, 15) is 26.7 Å². The van der Waals surface area contributed by atoms with Crippen LogP contribution in [0.4, 0.5) is 27.6 Å². The van der Waals surface area contributed by atoms with Crippen LogP contribution in [-0.2, 0) is 6.18 Å². The summed E-state index contributed by atoms with van der Waals surface area (Å²) in [6.45, 7) is 0. The third-order valence-electron chi connectivity index (χ3n) is 2.24. The minimum atomic E-state index is -4.82. The van der Waals surface area contributed by atoms with Gasteiger partial charge in [0.1, 0.15) is 22.2 Å². The number of amides is 1. The Kier molecular flexibility index (Phi) is 3.71. The van der Waals surface area contributed by atoms with Gasteiger partial charge in [0.2, 0.25) is 0 Å². The first kappa shape index (κ1) is 14.4. The van der Waals surface area contributed by atoms with Crippen molar-refractivity contribution in [3.63, 3.8) is 0 Å². The second-order valence-electron chi connectivity index (χ2n) is 3.58. The standard InChI is InChI=1S/C11H5F5N2OS/c12-5-2-1-3-6(13)7(5)18-10(19)8-9(11(14,15)16)17-4-20-8/h1-4H,(H,18,19). The Morgan fingerprint density at radius 1 is 1.20 bits per heavy atom. The van der Waals surface area contributed by atoms with Crippen LogP contribution in [0.15, 0.2) is 23.7 Å². The molecule has 0 aliphatic heterocycles. The normalized spacial score (nSPS) is 11.4. The number of halogens is 5. The Morgan fingerprint density at radius 3 is 2.35 bits per heavy atom. The number of carbonyl (C=O) groups is 1. The zero-order chi connectivity index (χ0) is 14.9. The number of alkyl halides is 3. The molecule has 0 atom stereocenters. The number of nitrogens with zero attached hydrogens (tertiary/aromatic N) is 1. The fourth-order valence-corrected chi connectivity index (χ4v) is 2.10. The highest BCUT2D eigenvalue weighted by Gasteiger charge is 2.38. The molecule has 9 heteroatoms. The van der Waals surface area contributed by atoms with Gasteiger partial charge in [-0.2, -0.15) is 13.2 Å². The molecule has 1 N–H and O–H groups in total. The van der Waals surface area contributed by atoms with Gasteiger partial charge < -0.3 is 5.32 Å². The molecule has 1 aromatic carbocycles. The lowest BCUT2D eigenvalue weighted by Crippen LogP contribution is -2.18. The molecular weight excluding hydrogens is 303 g/mol. The highest BCUT2D eigenvalue weighted by molar-refractivity contribution is 7.12. The van der Waals surface area contributed by atoms with Gasteiger partial charge in [-0.1, -0.05) is 6.07 Å². The van der Waals surface area contributed by atoms with Crippen molar-refractivity contribution < 1.29 is 26.7 Å². The lowest BCUT2D eigenvalue weighted by atomic mass is 10.2.